The lowest BCUT2D eigenvalue weighted by Gasteiger charge is -2.29. The molecule has 10 heteroatoms. The number of thiophene rings is 2. The topological polar surface area (TPSA) is 99.2 Å². The van der Waals surface area contributed by atoms with Gasteiger partial charge < -0.3 is 25.0 Å². The molecule has 0 saturated carbocycles. The Hall–Kier alpha value is -3.37. The quantitative estimate of drug-likeness (QED) is 0.223. The number of hydrogen-bond acceptors (Lipinski definition) is 6. The van der Waals surface area contributed by atoms with Crippen LogP contribution in [0.5, 0.6) is 0 Å². The minimum Gasteiger partial charge on any atom is -0.465 e. The van der Waals surface area contributed by atoms with Gasteiger partial charge in [0.1, 0.15) is 5.60 Å². The van der Waals surface area contributed by atoms with Gasteiger partial charge in [0.25, 0.3) is 5.91 Å². The van der Waals surface area contributed by atoms with Crippen LogP contribution < -0.4 is 5.32 Å². The molecule has 1 unspecified atom stereocenters. The highest BCUT2D eigenvalue weighted by Gasteiger charge is 2.25. The second kappa shape index (κ2) is 14.7. The molecular formula is C29H37N3O5S2. The van der Waals surface area contributed by atoms with Gasteiger partial charge in [0.05, 0.1) is 11.4 Å². The van der Waals surface area contributed by atoms with Crippen LogP contribution in [0.4, 0.5) is 9.59 Å². The van der Waals surface area contributed by atoms with E-state index in [-0.39, 0.29) is 11.9 Å². The van der Waals surface area contributed by atoms with E-state index in [1.165, 1.54) is 16.2 Å². The SMILES string of the molecule is CC(C)(C)OC(=O)NC(CCCCN(Cc1ccccc1)C(=O)O)CN(Cc1cccs1)C(=O)c1cccs1. The van der Waals surface area contributed by atoms with Crippen molar-refractivity contribution in [2.24, 2.45) is 0 Å². The Kier molecular flexibility index (Phi) is 11.4. The highest BCUT2D eigenvalue weighted by atomic mass is 32.1. The van der Waals surface area contributed by atoms with Gasteiger partial charge in [-0.3, -0.25) is 4.79 Å². The summed E-state index contributed by atoms with van der Waals surface area (Å²) in [6.45, 7) is 6.84. The maximum atomic E-state index is 13.4. The third kappa shape index (κ3) is 10.7. The number of alkyl carbamates (subject to hydrolysis) is 1. The zero-order valence-electron chi connectivity index (χ0n) is 22.7. The lowest BCUT2D eigenvalue weighted by atomic mass is 10.1. The molecule has 8 nitrogen and oxygen atoms in total. The number of carboxylic acid groups (broad SMARTS) is 1. The van der Waals surface area contributed by atoms with Crippen LogP contribution in [0.1, 0.15) is 60.1 Å². The Balaban J connectivity index is 1.67. The first-order valence-corrected chi connectivity index (χ1v) is 14.7. The Morgan fingerprint density at radius 1 is 0.923 bits per heavy atom. The lowest BCUT2D eigenvalue weighted by molar-refractivity contribution is 0.0473. The summed E-state index contributed by atoms with van der Waals surface area (Å²) in [4.78, 5) is 42.7. The molecular weight excluding hydrogens is 534 g/mol. The maximum Gasteiger partial charge on any atom is 0.407 e. The number of amides is 3. The summed E-state index contributed by atoms with van der Waals surface area (Å²) < 4.78 is 5.50. The molecule has 0 aliphatic rings. The van der Waals surface area contributed by atoms with E-state index in [2.05, 4.69) is 5.32 Å². The fourth-order valence-electron chi connectivity index (χ4n) is 4.05. The van der Waals surface area contributed by atoms with E-state index < -0.39 is 17.8 Å². The minimum atomic E-state index is -0.967. The third-order valence-corrected chi connectivity index (χ3v) is 7.54. The van der Waals surface area contributed by atoms with Crippen molar-refractivity contribution >= 4 is 40.8 Å². The number of carbonyl (C=O) groups excluding carboxylic acids is 2. The maximum absolute atomic E-state index is 13.4. The van der Waals surface area contributed by atoms with Crippen LogP contribution in [-0.2, 0) is 17.8 Å². The van der Waals surface area contributed by atoms with Crippen molar-refractivity contribution in [3.05, 3.63) is 80.7 Å². The fourth-order valence-corrected chi connectivity index (χ4v) is 5.47. The number of unbranched alkanes of at least 4 members (excludes halogenated alkanes) is 1. The van der Waals surface area contributed by atoms with Gasteiger partial charge >= 0.3 is 12.2 Å². The predicted molar refractivity (Wildman–Crippen MR) is 155 cm³/mol. The summed E-state index contributed by atoms with van der Waals surface area (Å²) in [6.07, 6.45) is 0.347. The van der Waals surface area contributed by atoms with Crippen molar-refractivity contribution in [3.8, 4) is 0 Å². The molecule has 0 spiro atoms. The minimum absolute atomic E-state index is 0.0886. The number of nitrogens with one attached hydrogen (secondary N) is 1. The molecule has 3 aromatic rings. The van der Waals surface area contributed by atoms with Crippen molar-refractivity contribution in [3.63, 3.8) is 0 Å². The molecule has 3 amide bonds. The molecule has 0 fully saturated rings. The first-order chi connectivity index (χ1) is 18.6. The molecule has 210 valence electrons. The number of hydrogen-bond donors (Lipinski definition) is 2. The molecule has 2 N–H and O–H groups in total. The molecule has 2 aromatic heterocycles. The summed E-state index contributed by atoms with van der Waals surface area (Å²) in [6, 6.07) is 16.7. The van der Waals surface area contributed by atoms with Gasteiger partial charge in [-0.2, -0.15) is 0 Å². The van der Waals surface area contributed by atoms with E-state index >= 15 is 0 Å². The molecule has 0 saturated heterocycles. The molecule has 2 heterocycles. The van der Waals surface area contributed by atoms with Gasteiger partial charge in [-0.25, -0.2) is 9.59 Å². The zero-order valence-corrected chi connectivity index (χ0v) is 24.3. The highest BCUT2D eigenvalue weighted by Crippen LogP contribution is 2.19. The Bertz CT molecular complexity index is 1160. The Morgan fingerprint density at radius 2 is 1.64 bits per heavy atom. The van der Waals surface area contributed by atoms with Crippen LogP contribution in [0, 0.1) is 0 Å². The number of carbonyl (C=O) groups is 3. The van der Waals surface area contributed by atoms with Gasteiger partial charge in [-0.1, -0.05) is 42.5 Å². The van der Waals surface area contributed by atoms with Crippen LogP contribution in [0.15, 0.2) is 65.4 Å². The zero-order chi connectivity index (χ0) is 28.3. The molecule has 39 heavy (non-hydrogen) atoms. The summed E-state index contributed by atoms with van der Waals surface area (Å²) in [5, 5.41) is 16.5. The normalized spacial score (nSPS) is 12.0. The lowest BCUT2D eigenvalue weighted by Crippen LogP contribution is -2.47. The molecule has 0 aliphatic heterocycles. The second-order valence-electron chi connectivity index (χ2n) is 10.3. The van der Waals surface area contributed by atoms with E-state index in [1.807, 2.05) is 59.3 Å². The van der Waals surface area contributed by atoms with Crippen LogP contribution >= 0.6 is 22.7 Å². The van der Waals surface area contributed by atoms with Gasteiger partial charge in [0.2, 0.25) is 0 Å². The van der Waals surface area contributed by atoms with Crippen molar-refractivity contribution in [1.29, 1.82) is 0 Å². The van der Waals surface area contributed by atoms with E-state index in [4.69, 9.17) is 4.74 Å². The van der Waals surface area contributed by atoms with Crippen LogP contribution in [-0.4, -0.2) is 57.7 Å². The molecule has 1 aromatic carbocycles. The van der Waals surface area contributed by atoms with E-state index in [0.29, 0.717) is 50.3 Å². The molecule has 3 rings (SSSR count). The van der Waals surface area contributed by atoms with Crippen molar-refractivity contribution in [2.45, 2.75) is 64.8 Å². The first kappa shape index (κ1) is 30.2. The van der Waals surface area contributed by atoms with E-state index in [0.717, 1.165) is 10.4 Å². The Morgan fingerprint density at radius 3 is 2.26 bits per heavy atom. The molecule has 0 radical (unpaired) electrons. The molecule has 0 bridgehead atoms. The number of rotatable bonds is 13. The molecule has 1 atom stereocenters. The largest absolute Gasteiger partial charge is 0.465 e. The predicted octanol–water partition coefficient (Wildman–Crippen LogP) is 6.70. The van der Waals surface area contributed by atoms with Gasteiger partial charge in [-0.05, 0) is 68.5 Å². The summed E-state index contributed by atoms with van der Waals surface area (Å²) in [5.41, 5.74) is 0.276. The average Bonchev–Trinajstić information content (AvgIpc) is 3.59. The standard InChI is InChI=1S/C29H37N3O5S2/c1-29(2,3)37-27(34)30-23(13-7-8-16-31(28(35)36)19-22-11-5-4-6-12-22)20-32(21-24-14-9-17-38-24)26(33)25-15-10-18-39-25/h4-6,9-12,14-15,17-18,23H,7-8,13,16,19-21H2,1-3H3,(H,30,34)(H,35,36). The van der Waals surface area contributed by atoms with E-state index in [9.17, 15) is 19.5 Å². The second-order valence-corrected chi connectivity index (χ2v) is 12.3. The van der Waals surface area contributed by atoms with E-state index in [1.54, 1.807) is 43.1 Å². The first-order valence-electron chi connectivity index (χ1n) is 13.0. The van der Waals surface area contributed by atoms with Gasteiger partial charge in [0, 0.05) is 30.6 Å². The summed E-state index contributed by atoms with van der Waals surface area (Å²) in [7, 11) is 0. The van der Waals surface area contributed by atoms with Crippen LogP contribution in [0.3, 0.4) is 0 Å². The van der Waals surface area contributed by atoms with Gasteiger partial charge in [-0.15, -0.1) is 22.7 Å². The summed E-state index contributed by atoms with van der Waals surface area (Å²) >= 11 is 2.97. The number of benzene rings is 1. The third-order valence-electron chi connectivity index (χ3n) is 5.83. The van der Waals surface area contributed by atoms with Crippen molar-refractivity contribution < 1.29 is 24.2 Å². The van der Waals surface area contributed by atoms with Crippen LogP contribution in [0.2, 0.25) is 0 Å². The smallest absolute Gasteiger partial charge is 0.407 e. The fraction of sp³-hybridized carbons (Fsp3) is 0.414. The molecule has 0 aliphatic carbocycles. The number of ether oxygens (including phenoxy) is 1. The Labute approximate surface area is 238 Å². The van der Waals surface area contributed by atoms with Crippen molar-refractivity contribution in [1.82, 2.24) is 15.1 Å². The average molecular weight is 572 g/mol. The monoisotopic (exact) mass is 571 g/mol. The summed E-state index contributed by atoms with van der Waals surface area (Å²) in [5.74, 6) is -0.0886. The van der Waals surface area contributed by atoms with Crippen molar-refractivity contribution in [2.75, 3.05) is 13.1 Å². The number of nitrogens with zero attached hydrogens (tertiary/aromatic N) is 2. The highest BCUT2D eigenvalue weighted by molar-refractivity contribution is 7.12. The van der Waals surface area contributed by atoms with Crippen LogP contribution in [0.25, 0.3) is 0 Å². The van der Waals surface area contributed by atoms with Gasteiger partial charge in [0.15, 0.2) is 0 Å².